The van der Waals surface area contributed by atoms with E-state index >= 15 is 0 Å². The minimum Gasteiger partial charge on any atom is -0.481 e. The number of carbonyl (C=O) groups excluding carboxylic acids is 1. The number of urea groups is 1. The molecular weight excluding hydrogens is 244 g/mol. The predicted molar refractivity (Wildman–Crippen MR) is 59.2 cm³/mol. The largest absolute Gasteiger partial charge is 0.481 e. The molecule has 2 unspecified atom stereocenters. The number of carboxylic acids is 2. The number of aliphatic carboxylic acids is 2. The van der Waals surface area contributed by atoms with Crippen molar-refractivity contribution in [3.63, 3.8) is 0 Å². The summed E-state index contributed by atoms with van der Waals surface area (Å²) < 4.78 is 5.27. The molecule has 2 amide bonds. The minimum atomic E-state index is -1.44. The lowest BCUT2D eigenvalue weighted by Crippen LogP contribution is -2.48. The van der Waals surface area contributed by atoms with Crippen LogP contribution in [0.2, 0.25) is 0 Å². The van der Waals surface area contributed by atoms with E-state index in [1.165, 1.54) is 0 Å². The normalized spacial score (nSPS) is 20.1. The third-order valence-corrected chi connectivity index (χ3v) is 2.50. The van der Waals surface area contributed by atoms with Crippen LogP contribution in [0.1, 0.15) is 19.3 Å². The molecule has 0 aromatic heterocycles. The number of nitrogens with one attached hydrogen (secondary N) is 2. The molecule has 0 aromatic rings. The van der Waals surface area contributed by atoms with Crippen molar-refractivity contribution in [3.05, 3.63) is 0 Å². The molecular formula is C10H16N2O6. The van der Waals surface area contributed by atoms with Crippen LogP contribution in [-0.4, -0.2) is 53.5 Å². The summed E-state index contributed by atoms with van der Waals surface area (Å²) in [6.07, 6.45) is 1.06. The molecule has 4 N–H and O–H groups in total. The van der Waals surface area contributed by atoms with Gasteiger partial charge in [0.05, 0.1) is 12.5 Å². The van der Waals surface area contributed by atoms with Gasteiger partial charge in [-0.15, -0.1) is 0 Å². The highest BCUT2D eigenvalue weighted by molar-refractivity contribution is 5.86. The molecule has 102 valence electrons. The maximum absolute atomic E-state index is 11.4. The molecule has 0 aliphatic carbocycles. The molecule has 1 aliphatic heterocycles. The Kier molecular flexibility index (Phi) is 5.37. The second-order valence-corrected chi connectivity index (χ2v) is 3.98. The Labute approximate surface area is 103 Å². The Morgan fingerprint density at radius 2 is 2.06 bits per heavy atom. The van der Waals surface area contributed by atoms with Gasteiger partial charge < -0.3 is 25.6 Å². The van der Waals surface area contributed by atoms with Gasteiger partial charge in [0.2, 0.25) is 0 Å². The molecule has 0 bridgehead atoms. The van der Waals surface area contributed by atoms with Crippen molar-refractivity contribution in [2.75, 3.05) is 13.2 Å². The van der Waals surface area contributed by atoms with Crippen LogP contribution in [0.5, 0.6) is 0 Å². The van der Waals surface area contributed by atoms with Crippen LogP contribution in [0.15, 0.2) is 0 Å². The first-order valence-corrected chi connectivity index (χ1v) is 5.59. The van der Waals surface area contributed by atoms with Crippen molar-refractivity contribution in [3.8, 4) is 0 Å². The summed E-state index contributed by atoms with van der Waals surface area (Å²) in [5.41, 5.74) is 0. The lowest BCUT2D eigenvalue weighted by atomic mass is 10.2. The summed E-state index contributed by atoms with van der Waals surface area (Å²) in [4.78, 5) is 32.5. The maximum atomic E-state index is 11.4. The van der Waals surface area contributed by atoms with Crippen LogP contribution >= 0.6 is 0 Å². The molecule has 1 aliphatic rings. The number of hydrogen-bond donors (Lipinski definition) is 4. The molecule has 2 atom stereocenters. The van der Waals surface area contributed by atoms with Crippen LogP contribution in [0, 0.1) is 0 Å². The van der Waals surface area contributed by atoms with Gasteiger partial charge in [0.1, 0.15) is 6.04 Å². The molecule has 0 spiro atoms. The summed E-state index contributed by atoms with van der Waals surface area (Å²) >= 11 is 0. The van der Waals surface area contributed by atoms with E-state index in [1.807, 2.05) is 0 Å². The SMILES string of the molecule is O=C(O)CC(NC(=O)NCC1CCCO1)C(=O)O. The van der Waals surface area contributed by atoms with Crippen LogP contribution in [-0.2, 0) is 14.3 Å². The second kappa shape index (κ2) is 6.80. The van der Waals surface area contributed by atoms with Crippen LogP contribution < -0.4 is 10.6 Å². The molecule has 1 rings (SSSR count). The molecule has 1 fully saturated rings. The number of carbonyl (C=O) groups is 3. The topological polar surface area (TPSA) is 125 Å². The van der Waals surface area contributed by atoms with Crippen LogP contribution in [0.4, 0.5) is 4.79 Å². The van der Waals surface area contributed by atoms with Gasteiger partial charge in [0, 0.05) is 13.2 Å². The van der Waals surface area contributed by atoms with Gasteiger partial charge in [-0.05, 0) is 12.8 Å². The summed E-state index contributed by atoms with van der Waals surface area (Å²) in [7, 11) is 0. The van der Waals surface area contributed by atoms with E-state index in [2.05, 4.69) is 10.6 Å². The van der Waals surface area contributed by atoms with Gasteiger partial charge in [0.25, 0.3) is 0 Å². The van der Waals surface area contributed by atoms with Crippen molar-refractivity contribution >= 4 is 18.0 Å². The first-order valence-electron chi connectivity index (χ1n) is 5.59. The van der Waals surface area contributed by atoms with E-state index in [0.717, 1.165) is 12.8 Å². The highest BCUT2D eigenvalue weighted by atomic mass is 16.5. The van der Waals surface area contributed by atoms with Crippen LogP contribution in [0.3, 0.4) is 0 Å². The van der Waals surface area contributed by atoms with E-state index in [4.69, 9.17) is 14.9 Å². The van der Waals surface area contributed by atoms with E-state index in [9.17, 15) is 14.4 Å². The van der Waals surface area contributed by atoms with E-state index < -0.39 is 30.4 Å². The Balaban J connectivity index is 2.31. The predicted octanol–water partition coefficient (Wildman–Crippen LogP) is -0.607. The van der Waals surface area contributed by atoms with Gasteiger partial charge in [-0.1, -0.05) is 0 Å². The zero-order valence-corrected chi connectivity index (χ0v) is 9.72. The van der Waals surface area contributed by atoms with Gasteiger partial charge >= 0.3 is 18.0 Å². The van der Waals surface area contributed by atoms with E-state index in [0.29, 0.717) is 6.61 Å². The average molecular weight is 260 g/mol. The fourth-order valence-corrected chi connectivity index (χ4v) is 1.60. The Bertz CT molecular complexity index is 326. The average Bonchev–Trinajstić information content (AvgIpc) is 2.77. The Morgan fingerprint density at radius 1 is 1.33 bits per heavy atom. The summed E-state index contributed by atoms with van der Waals surface area (Å²) in [5, 5.41) is 21.8. The lowest BCUT2D eigenvalue weighted by Gasteiger charge is -2.15. The van der Waals surface area contributed by atoms with Crippen molar-refractivity contribution in [1.82, 2.24) is 10.6 Å². The van der Waals surface area contributed by atoms with Crippen LogP contribution in [0.25, 0.3) is 0 Å². The standard InChI is InChI=1S/C10H16N2O6/c13-8(14)4-7(9(15)16)12-10(17)11-5-6-2-1-3-18-6/h6-7H,1-5H2,(H,13,14)(H,15,16)(H2,11,12,17). The summed E-state index contributed by atoms with van der Waals surface area (Å²) in [5.74, 6) is -2.67. The number of carboxylic acid groups (broad SMARTS) is 2. The third-order valence-electron chi connectivity index (χ3n) is 2.50. The summed E-state index contributed by atoms with van der Waals surface area (Å²) in [6.45, 7) is 0.940. The van der Waals surface area contributed by atoms with Crippen molar-refractivity contribution in [2.45, 2.75) is 31.4 Å². The van der Waals surface area contributed by atoms with Gasteiger partial charge in [0.15, 0.2) is 0 Å². The first-order chi connectivity index (χ1) is 8.49. The monoisotopic (exact) mass is 260 g/mol. The molecule has 1 saturated heterocycles. The van der Waals surface area contributed by atoms with Crippen molar-refractivity contribution in [1.29, 1.82) is 0 Å². The summed E-state index contributed by atoms with van der Waals surface area (Å²) in [6, 6.07) is -2.15. The second-order valence-electron chi connectivity index (χ2n) is 3.98. The quantitative estimate of drug-likeness (QED) is 0.505. The van der Waals surface area contributed by atoms with E-state index in [-0.39, 0.29) is 12.6 Å². The Hall–Kier alpha value is -1.83. The molecule has 8 nitrogen and oxygen atoms in total. The number of amides is 2. The zero-order chi connectivity index (χ0) is 13.5. The Morgan fingerprint density at radius 3 is 2.56 bits per heavy atom. The smallest absolute Gasteiger partial charge is 0.326 e. The first kappa shape index (κ1) is 14.2. The number of hydrogen-bond acceptors (Lipinski definition) is 4. The van der Waals surface area contributed by atoms with Gasteiger partial charge in [-0.2, -0.15) is 0 Å². The van der Waals surface area contributed by atoms with Crippen molar-refractivity contribution < 1.29 is 29.3 Å². The third kappa shape index (κ3) is 5.00. The molecule has 8 heteroatoms. The highest BCUT2D eigenvalue weighted by Crippen LogP contribution is 2.10. The molecule has 18 heavy (non-hydrogen) atoms. The highest BCUT2D eigenvalue weighted by Gasteiger charge is 2.23. The zero-order valence-electron chi connectivity index (χ0n) is 9.72. The van der Waals surface area contributed by atoms with Gasteiger partial charge in [-0.3, -0.25) is 4.79 Å². The lowest BCUT2D eigenvalue weighted by molar-refractivity contribution is -0.145. The van der Waals surface area contributed by atoms with E-state index in [1.54, 1.807) is 0 Å². The van der Waals surface area contributed by atoms with Gasteiger partial charge in [-0.25, -0.2) is 9.59 Å². The molecule has 0 saturated carbocycles. The number of rotatable bonds is 6. The fraction of sp³-hybridized carbons (Fsp3) is 0.700. The fourth-order valence-electron chi connectivity index (χ4n) is 1.60. The minimum absolute atomic E-state index is 0.0569. The molecule has 0 aromatic carbocycles. The molecule has 1 heterocycles. The molecule has 0 radical (unpaired) electrons. The van der Waals surface area contributed by atoms with Crippen molar-refractivity contribution in [2.24, 2.45) is 0 Å². The maximum Gasteiger partial charge on any atom is 0.326 e. The number of ether oxygens (including phenoxy) is 1.